The van der Waals surface area contributed by atoms with E-state index < -0.39 is 24.3 Å². The number of aliphatic carboxylic acids is 1. The highest BCUT2D eigenvalue weighted by Crippen LogP contribution is 2.12. The van der Waals surface area contributed by atoms with E-state index in [2.05, 4.69) is 18.8 Å². The first-order valence-corrected chi connectivity index (χ1v) is 8.73. The zero-order valence-corrected chi connectivity index (χ0v) is 14.2. The molecule has 0 saturated carbocycles. The maximum Gasteiger partial charge on any atom is 0.303 e. The molecule has 0 heterocycles. The molecule has 0 aromatic rings. The van der Waals surface area contributed by atoms with Crippen LogP contribution in [0.2, 0.25) is 0 Å². The van der Waals surface area contributed by atoms with Crippen molar-refractivity contribution in [1.29, 1.82) is 0 Å². The van der Waals surface area contributed by atoms with Crippen molar-refractivity contribution in [2.45, 2.75) is 95.9 Å². The number of aliphatic hydroxyl groups is 3. The second-order valence-electron chi connectivity index (χ2n) is 5.98. The average Bonchev–Trinajstić information content (AvgIpc) is 2.52. The topological polar surface area (TPSA) is 98.0 Å². The molecule has 0 aromatic carbocycles. The van der Waals surface area contributed by atoms with Crippen molar-refractivity contribution in [3.8, 4) is 11.8 Å². The zero-order valence-electron chi connectivity index (χ0n) is 14.2. The number of unbranched alkanes of at least 4 members (excludes halogenated alkanes) is 7. The summed E-state index contributed by atoms with van der Waals surface area (Å²) in [6.45, 7) is 2.11. The molecule has 3 unspecified atom stereocenters. The first-order valence-electron chi connectivity index (χ1n) is 8.73. The van der Waals surface area contributed by atoms with E-state index in [1.54, 1.807) is 0 Å². The molecule has 0 radical (unpaired) electrons. The Hall–Kier alpha value is -1.09. The van der Waals surface area contributed by atoms with E-state index in [0.717, 1.165) is 44.9 Å². The van der Waals surface area contributed by atoms with Gasteiger partial charge in [-0.1, -0.05) is 51.4 Å². The number of hydrogen-bond acceptors (Lipinski definition) is 4. The van der Waals surface area contributed by atoms with Gasteiger partial charge in [-0.05, 0) is 19.3 Å². The third-order valence-electron chi connectivity index (χ3n) is 3.76. The number of rotatable bonds is 13. The molecule has 5 nitrogen and oxygen atoms in total. The fourth-order valence-corrected chi connectivity index (χ4v) is 2.27. The Morgan fingerprint density at radius 1 is 0.957 bits per heavy atom. The van der Waals surface area contributed by atoms with E-state index in [0.29, 0.717) is 19.3 Å². The largest absolute Gasteiger partial charge is 0.481 e. The van der Waals surface area contributed by atoms with Crippen LogP contribution in [0.3, 0.4) is 0 Å². The van der Waals surface area contributed by atoms with Crippen LogP contribution in [0.1, 0.15) is 77.6 Å². The third kappa shape index (κ3) is 13.1. The minimum absolute atomic E-state index is 0.199. The van der Waals surface area contributed by atoms with E-state index in [-0.39, 0.29) is 6.42 Å². The Labute approximate surface area is 139 Å². The lowest BCUT2D eigenvalue weighted by atomic mass is 10.0. The van der Waals surface area contributed by atoms with Crippen molar-refractivity contribution in [2.75, 3.05) is 0 Å². The molecular formula is C18H32O5. The molecule has 0 aliphatic rings. The normalized spacial score (nSPS) is 14.6. The standard InChI is InChI=1S/C18H32O5/c1-2-3-4-6-9-12-15(19)18(23)16(20)13-10-7-5-8-11-14-17(21)22/h15-16,18-20,23H,2-8,10-11,13-14H2,1H3,(H,21,22). The highest BCUT2D eigenvalue weighted by atomic mass is 16.4. The summed E-state index contributed by atoms with van der Waals surface area (Å²) in [6.07, 6.45) is 5.14. The monoisotopic (exact) mass is 328 g/mol. The van der Waals surface area contributed by atoms with Crippen molar-refractivity contribution in [1.82, 2.24) is 0 Å². The van der Waals surface area contributed by atoms with Crippen LogP contribution in [0.25, 0.3) is 0 Å². The number of hydrogen-bond donors (Lipinski definition) is 4. The maximum atomic E-state index is 10.3. The van der Waals surface area contributed by atoms with E-state index in [4.69, 9.17) is 5.11 Å². The van der Waals surface area contributed by atoms with Crippen LogP contribution in [-0.2, 0) is 4.79 Å². The van der Waals surface area contributed by atoms with Gasteiger partial charge in [-0.25, -0.2) is 0 Å². The number of carbonyl (C=O) groups is 1. The van der Waals surface area contributed by atoms with Gasteiger partial charge in [-0.2, -0.15) is 0 Å². The Kier molecular flexibility index (Phi) is 13.8. The SMILES string of the molecule is CCCCCC#CC(O)C(O)C(O)CCCCCCCC(=O)O. The van der Waals surface area contributed by atoms with E-state index >= 15 is 0 Å². The predicted molar refractivity (Wildman–Crippen MR) is 89.9 cm³/mol. The van der Waals surface area contributed by atoms with Gasteiger partial charge in [0.2, 0.25) is 0 Å². The summed E-state index contributed by atoms with van der Waals surface area (Å²) in [4.78, 5) is 10.3. The molecule has 0 amide bonds. The molecule has 0 spiro atoms. The van der Waals surface area contributed by atoms with Gasteiger partial charge >= 0.3 is 5.97 Å². The highest BCUT2D eigenvalue weighted by Gasteiger charge is 2.22. The lowest BCUT2D eigenvalue weighted by molar-refractivity contribution is -0.137. The van der Waals surface area contributed by atoms with E-state index in [1.807, 2.05) is 0 Å². The van der Waals surface area contributed by atoms with Crippen LogP contribution >= 0.6 is 0 Å². The second-order valence-corrected chi connectivity index (χ2v) is 5.98. The average molecular weight is 328 g/mol. The van der Waals surface area contributed by atoms with E-state index in [9.17, 15) is 20.1 Å². The van der Waals surface area contributed by atoms with Gasteiger partial charge in [-0.3, -0.25) is 4.79 Å². The second kappa shape index (κ2) is 14.5. The molecule has 134 valence electrons. The molecule has 3 atom stereocenters. The molecular weight excluding hydrogens is 296 g/mol. The fourth-order valence-electron chi connectivity index (χ4n) is 2.27. The molecule has 0 saturated heterocycles. The lowest BCUT2D eigenvalue weighted by Crippen LogP contribution is -2.36. The number of carboxylic acids is 1. The molecule has 0 aliphatic carbocycles. The highest BCUT2D eigenvalue weighted by molar-refractivity contribution is 5.66. The summed E-state index contributed by atoms with van der Waals surface area (Å²) in [6, 6.07) is 0. The number of carboxylic acid groups (broad SMARTS) is 1. The van der Waals surface area contributed by atoms with Gasteiger partial charge in [-0.15, -0.1) is 5.92 Å². The van der Waals surface area contributed by atoms with Crippen molar-refractivity contribution in [3.63, 3.8) is 0 Å². The molecule has 0 fully saturated rings. The summed E-state index contributed by atoms with van der Waals surface area (Å²) >= 11 is 0. The maximum absolute atomic E-state index is 10.3. The Bertz CT molecular complexity index is 358. The minimum atomic E-state index is -1.24. The Balaban J connectivity index is 3.75. The van der Waals surface area contributed by atoms with Crippen LogP contribution < -0.4 is 0 Å². The third-order valence-corrected chi connectivity index (χ3v) is 3.76. The molecule has 5 heteroatoms. The minimum Gasteiger partial charge on any atom is -0.481 e. The first kappa shape index (κ1) is 21.9. The van der Waals surface area contributed by atoms with Crippen molar-refractivity contribution in [3.05, 3.63) is 0 Å². The smallest absolute Gasteiger partial charge is 0.303 e. The predicted octanol–water partition coefficient (Wildman–Crippen LogP) is 2.47. The van der Waals surface area contributed by atoms with Crippen LogP contribution in [0.4, 0.5) is 0 Å². The van der Waals surface area contributed by atoms with Gasteiger partial charge in [0.05, 0.1) is 6.10 Å². The summed E-state index contributed by atoms with van der Waals surface area (Å²) in [5, 5.41) is 37.9. The van der Waals surface area contributed by atoms with Crippen LogP contribution in [0, 0.1) is 11.8 Å². The zero-order chi connectivity index (χ0) is 17.5. The van der Waals surface area contributed by atoms with E-state index in [1.165, 1.54) is 0 Å². The molecule has 0 bridgehead atoms. The Morgan fingerprint density at radius 3 is 2.26 bits per heavy atom. The van der Waals surface area contributed by atoms with Gasteiger partial charge in [0.15, 0.2) is 0 Å². The van der Waals surface area contributed by atoms with Gasteiger partial charge in [0.1, 0.15) is 12.2 Å². The van der Waals surface area contributed by atoms with Crippen LogP contribution in [-0.4, -0.2) is 44.7 Å². The molecule has 0 aromatic heterocycles. The van der Waals surface area contributed by atoms with Gasteiger partial charge in [0, 0.05) is 12.8 Å². The summed E-state index contributed by atoms with van der Waals surface area (Å²) < 4.78 is 0. The van der Waals surface area contributed by atoms with Gasteiger partial charge < -0.3 is 20.4 Å². The molecule has 0 rings (SSSR count). The fraction of sp³-hybridized carbons (Fsp3) is 0.833. The molecule has 23 heavy (non-hydrogen) atoms. The lowest BCUT2D eigenvalue weighted by Gasteiger charge is -2.19. The molecule has 0 aliphatic heterocycles. The van der Waals surface area contributed by atoms with Crippen LogP contribution in [0.5, 0.6) is 0 Å². The summed E-state index contributed by atoms with van der Waals surface area (Å²) in [5.74, 6) is 4.66. The van der Waals surface area contributed by atoms with Crippen molar-refractivity contribution < 1.29 is 25.2 Å². The van der Waals surface area contributed by atoms with Crippen molar-refractivity contribution in [2.24, 2.45) is 0 Å². The summed E-state index contributed by atoms with van der Waals surface area (Å²) in [7, 11) is 0. The first-order chi connectivity index (χ1) is 11.0. The van der Waals surface area contributed by atoms with Crippen LogP contribution in [0.15, 0.2) is 0 Å². The molecule has 4 N–H and O–H groups in total. The summed E-state index contributed by atoms with van der Waals surface area (Å²) in [5.41, 5.74) is 0. The quantitative estimate of drug-likeness (QED) is 0.307. The van der Waals surface area contributed by atoms with Crippen molar-refractivity contribution >= 4 is 5.97 Å². The Morgan fingerprint density at radius 2 is 1.61 bits per heavy atom. The van der Waals surface area contributed by atoms with Gasteiger partial charge in [0.25, 0.3) is 0 Å². The number of aliphatic hydroxyl groups excluding tert-OH is 3.